The Kier molecular flexibility index (Phi) is 7.51. The second-order valence-corrected chi connectivity index (χ2v) is 6.06. The van der Waals surface area contributed by atoms with Gasteiger partial charge in [-0.25, -0.2) is 0 Å². The summed E-state index contributed by atoms with van der Waals surface area (Å²) in [5.41, 5.74) is 2.27. The van der Waals surface area contributed by atoms with Crippen molar-refractivity contribution in [2.45, 2.75) is 19.6 Å². The van der Waals surface area contributed by atoms with E-state index in [1.165, 1.54) is 5.56 Å². The number of allylic oxidation sites excluding steroid dienone is 1. The molecule has 0 aromatic heterocycles. The van der Waals surface area contributed by atoms with Gasteiger partial charge in [0.25, 0.3) is 0 Å². The van der Waals surface area contributed by atoms with Crippen LogP contribution in [0.4, 0.5) is 0 Å². The standard InChI is InChI=1S/C21H27NO3/c1-4-8-17-11-12-20(21(13-17)24-3)25-16-19(23)15-22(2)14-18-9-6-5-7-10-18/h4-13,19,23H,14-16H2,1-3H3/b8-4+. The third-order valence-corrected chi connectivity index (χ3v) is 3.80. The highest BCUT2D eigenvalue weighted by molar-refractivity contribution is 5.55. The second-order valence-electron chi connectivity index (χ2n) is 6.06. The van der Waals surface area contributed by atoms with Gasteiger partial charge in [0.1, 0.15) is 12.7 Å². The van der Waals surface area contributed by atoms with Crippen molar-refractivity contribution < 1.29 is 14.6 Å². The van der Waals surface area contributed by atoms with Crippen LogP contribution in [0.5, 0.6) is 11.5 Å². The van der Waals surface area contributed by atoms with E-state index in [1.807, 2.05) is 62.5 Å². The third kappa shape index (κ3) is 6.25. The molecule has 0 aliphatic heterocycles. The highest BCUT2D eigenvalue weighted by Crippen LogP contribution is 2.28. The highest BCUT2D eigenvalue weighted by Gasteiger charge is 2.12. The largest absolute Gasteiger partial charge is 0.493 e. The number of rotatable bonds is 9. The molecular formula is C21H27NO3. The molecule has 1 atom stereocenters. The molecule has 0 fully saturated rings. The van der Waals surface area contributed by atoms with E-state index in [2.05, 4.69) is 17.0 Å². The van der Waals surface area contributed by atoms with E-state index in [0.29, 0.717) is 18.0 Å². The van der Waals surface area contributed by atoms with Crippen LogP contribution in [0, 0.1) is 0 Å². The number of likely N-dealkylation sites (N-methyl/N-ethyl adjacent to an activating group) is 1. The Labute approximate surface area is 150 Å². The van der Waals surface area contributed by atoms with Gasteiger partial charge in [-0.05, 0) is 37.2 Å². The van der Waals surface area contributed by atoms with Gasteiger partial charge in [-0.2, -0.15) is 0 Å². The molecule has 134 valence electrons. The van der Waals surface area contributed by atoms with Crippen molar-refractivity contribution in [3.05, 3.63) is 65.7 Å². The average molecular weight is 341 g/mol. The Morgan fingerprint density at radius 3 is 2.56 bits per heavy atom. The molecule has 1 N–H and O–H groups in total. The lowest BCUT2D eigenvalue weighted by atomic mass is 10.2. The Morgan fingerprint density at radius 2 is 1.88 bits per heavy atom. The maximum absolute atomic E-state index is 10.2. The molecule has 0 radical (unpaired) electrons. The van der Waals surface area contributed by atoms with Crippen LogP contribution in [-0.4, -0.2) is 43.4 Å². The van der Waals surface area contributed by atoms with E-state index < -0.39 is 6.10 Å². The van der Waals surface area contributed by atoms with Crippen molar-refractivity contribution in [3.63, 3.8) is 0 Å². The van der Waals surface area contributed by atoms with Crippen molar-refractivity contribution in [1.29, 1.82) is 0 Å². The first kappa shape index (κ1) is 19.0. The maximum Gasteiger partial charge on any atom is 0.161 e. The molecule has 2 aromatic carbocycles. The Bertz CT molecular complexity index is 670. The summed E-state index contributed by atoms with van der Waals surface area (Å²) < 4.78 is 11.1. The summed E-state index contributed by atoms with van der Waals surface area (Å²) in [5.74, 6) is 1.31. The van der Waals surface area contributed by atoms with Gasteiger partial charge in [0, 0.05) is 13.1 Å². The SMILES string of the molecule is C/C=C/c1ccc(OCC(O)CN(C)Cc2ccccc2)c(OC)c1. The van der Waals surface area contributed by atoms with Crippen LogP contribution in [0.25, 0.3) is 6.08 Å². The highest BCUT2D eigenvalue weighted by atomic mass is 16.5. The fourth-order valence-electron chi connectivity index (χ4n) is 2.66. The van der Waals surface area contributed by atoms with E-state index in [0.717, 1.165) is 12.1 Å². The quantitative estimate of drug-likeness (QED) is 0.757. The maximum atomic E-state index is 10.2. The average Bonchev–Trinajstić information content (AvgIpc) is 2.61. The number of methoxy groups -OCH3 is 1. The normalized spacial score (nSPS) is 12.5. The molecule has 2 aromatic rings. The molecule has 25 heavy (non-hydrogen) atoms. The molecule has 0 aliphatic rings. The first-order valence-electron chi connectivity index (χ1n) is 8.46. The van der Waals surface area contributed by atoms with Crippen molar-refractivity contribution in [2.75, 3.05) is 27.3 Å². The zero-order chi connectivity index (χ0) is 18.1. The topological polar surface area (TPSA) is 41.9 Å². The van der Waals surface area contributed by atoms with Crippen molar-refractivity contribution in [2.24, 2.45) is 0 Å². The van der Waals surface area contributed by atoms with Gasteiger partial charge in [-0.3, -0.25) is 4.90 Å². The van der Waals surface area contributed by atoms with Crippen molar-refractivity contribution in [1.82, 2.24) is 4.90 Å². The van der Waals surface area contributed by atoms with E-state index >= 15 is 0 Å². The van der Waals surface area contributed by atoms with E-state index in [9.17, 15) is 5.11 Å². The molecule has 4 heteroatoms. The second kappa shape index (κ2) is 9.87. The van der Waals surface area contributed by atoms with E-state index in [-0.39, 0.29) is 6.61 Å². The summed E-state index contributed by atoms with van der Waals surface area (Å²) in [6, 6.07) is 16.0. The summed E-state index contributed by atoms with van der Waals surface area (Å²) in [4.78, 5) is 2.08. The first-order valence-corrected chi connectivity index (χ1v) is 8.46. The van der Waals surface area contributed by atoms with E-state index in [1.54, 1.807) is 7.11 Å². The van der Waals surface area contributed by atoms with Crippen LogP contribution in [-0.2, 0) is 6.54 Å². The van der Waals surface area contributed by atoms with Crippen LogP contribution in [0.1, 0.15) is 18.1 Å². The number of benzene rings is 2. The van der Waals surface area contributed by atoms with E-state index in [4.69, 9.17) is 9.47 Å². The number of aliphatic hydroxyl groups is 1. The molecule has 0 spiro atoms. The predicted octanol–water partition coefficient (Wildman–Crippen LogP) is 3.60. The van der Waals surface area contributed by atoms with Crippen molar-refractivity contribution >= 4 is 6.08 Å². The number of aliphatic hydroxyl groups excluding tert-OH is 1. The number of ether oxygens (including phenoxy) is 2. The number of nitrogens with zero attached hydrogens (tertiary/aromatic N) is 1. The fourth-order valence-corrected chi connectivity index (χ4v) is 2.66. The minimum absolute atomic E-state index is 0.221. The molecule has 2 rings (SSSR count). The van der Waals surface area contributed by atoms with Gasteiger partial charge in [-0.1, -0.05) is 48.6 Å². The van der Waals surface area contributed by atoms with Crippen molar-refractivity contribution in [3.8, 4) is 11.5 Å². The van der Waals surface area contributed by atoms with Crippen LogP contribution in [0.2, 0.25) is 0 Å². The Morgan fingerprint density at radius 1 is 1.12 bits per heavy atom. The van der Waals surface area contributed by atoms with Gasteiger partial charge in [0.2, 0.25) is 0 Å². The molecule has 0 saturated carbocycles. The number of hydrogen-bond donors (Lipinski definition) is 1. The van der Waals surface area contributed by atoms with Crippen LogP contribution in [0.15, 0.2) is 54.6 Å². The molecule has 1 unspecified atom stereocenters. The molecule has 0 bridgehead atoms. The summed E-state index contributed by atoms with van der Waals surface area (Å²) in [6.45, 7) is 3.52. The van der Waals surface area contributed by atoms with Crippen LogP contribution >= 0.6 is 0 Å². The Balaban J connectivity index is 1.85. The zero-order valence-electron chi connectivity index (χ0n) is 15.2. The predicted molar refractivity (Wildman–Crippen MR) is 102 cm³/mol. The van der Waals surface area contributed by atoms with Gasteiger partial charge >= 0.3 is 0 Å². The minimum atomic E-state index is -0.575. The van der Waals surface area contributed by atoms with Gasteiger partial charge < -0.3 is 14.6 Å². The molecule has 0 saturated heterocycles. The molecule has 0 heterocycles. The molecular weight excluding hydrogens is 314 g/mol. The smallest absolute Gasteiger partial charge is 0.161 e. The number of hydrogen-bond acceptors (Lipinski definition) is 4. The summed E-state index contributed by atoms with van der Waals surface area (Å²) in [7, 11) is 3.61. The summed E-state index contributed by atoms with van der Waals surface area (Å²) >= 11 is 0. The summed E-state index contributed by atoms with van der Waals surface area (Å²) in [6.07, 6.45) is 3.40. The zero-order valence-corrected chi connectivity index (χ0v) is 15.2. The minimum Gasteiger partial charge on any atom is -0.493 e. The monoisotopic (exact) mass is 341 g/mol. The van der Waals surface area contributed by atoms with Crippen LogP contribution < -0.4 is 9.47 Å². The van der Waals surface area contributed by atoms with Gasteiger partial charge in [0.15, 0.2) is 11.5 Å². The fraction of sp³-hybridized carbons (Fsp3) is 0.333. The first-order chi connectivity index (χ1) is 12.1. The lowest BCUT2D eigenvalue weighted by Crippen LogP contribution is -2.32. The molecule has 0 aliphatic carbocycles. The summed E-state index contributed by atoms with van der Waals surface area (Å²) in [5, 5.41) is 10.2. The molecule has 0 amide bonds. The molecule has 4 nitrogen and oxygen atoms in total. The lowest BCUT2D eigenvalue weighted by Gasteiger charge is -2.21. The third-order valence-electron chi connectivity index (χ3n) is 3.80. The Hall–Kier alpha value is -2.30. The van der Waals surface area contributed by atoms with Gasteiger partial charge in [0.05, 0.1) is 7.11 Å². The lowest BCUT2D eigenvalue weighted by molar-refractivity contribution is 0.0733. The van der Waals surface area contributed by atoms with Crippen LogP contribution in [0.3, 0.4) is 0 Å². The van der Waals surface area contributed by atoms with Gasteiger partial charge in [-0.15, -0.1) is 0 Å².